The molecule has 3 aliphatic rings. The number of aliphatic carboxylic acids is 1. The number of aryl methyl sites for hydroxylation is 3. The van der Waals surface area contributed by atoms with Gasteiger partial charge in [0.2, 0.25) is 0 Å². The first-order valence-electron chi connectivity index (χ1n) is 11.3. The first-order valence-corrected chi connectivity index (χ1v) is 11.3. The van der Waals surface area contributed by atoms with E-state index in [4.69, 9.17) is 4.74 Å². The summed E-state index contributed by atoms with van der Waals surface area (Å²) in [5.74, 6) is -0.0127. The number of hydrogen-bond acceptors (Lipinski definition) is 2. The second kappa shape index (κ2) is 6.71. The van der Waals surface area contributed by atoms with E-state index in [1.807, 2.05) is 0 Å². The van der Waals surface area contributed by atoms with Gasteiger partial charge in [0, 0.05) is 5.41 Å². The fourth-order valence-electron chi connectivity index (χ4n) is 5.88. The van der Waals surface area contributed by atoms with Gasteiger partial charge in [0.25, 0.3) is 0 Å². The summed E-state index contributed by atoms with van der Waals surface area (Å²) in [5.41, 5.74) is 8.81. The Hall–Kier alpha value is -3.07. The van der Waals surface area contributed by atoms with Crippen LogP contribution < -0.4 is 4.74 Å². The van der Waals surface area contributed by atoms with Crippen molar-refractivity contribution in [3.8, 4) is 16.9 Å². The number of rotatable bonds is 4. The summed E-state index contributed by atoms with van der Waals surface area (Å²) < 4.78 is 6.46. The molecule has 0 amide bonds. The largest absolute Gasteiger partial charge is 0.486 e. The van der Waals surface area contributed by atoms with Crippen LogP contribution in [0.3, 0.4) is 0 Å². The summed E-state index contributed by atoms with van der Waals surface area (Å²) in [4.78, 5) is 11.6. The van der Waals surface area contributed by atoms with Crippen molar-refractivity contribution in [1.29, 1.82) is 0 Å². The van der Waals surface area contributed by atoms with Crippen molar-refractivity contribution in [2.24, 2.45) is 5.92 Å². The lowest BCUT2D eigenvalue weighted by molar-refractivity contribution is -0.139. The molecule has 0 saturated heterocycles. The number of fused-ring (bicyclic) bond motifs is 3. The summed E-state index contributed by atoms with van der Waals surface area (Å²) in [7, 11) is 0. The molecule has 1 spiro atoms. The second-order valence-corrected chi connectivity index (χ2v) is 9.50. The van der Waals surface area contributed by atoms with Gasteiger partial charge in [-0.2, -0.15) is 0 Å². The topological polar surface area (TPSA) is 46.5 Å². The summed E-state index contributed by atoms with van der Waals surface area (Å²) in [6.45, 7) is 2.13. The van der Waals surface area contributed by atoms with Crippen molar-refractivity contribution in [2.45, 2.75) is 50.5 Å². The highest BCUT2D eigenvalue weighted by atomic mass is 16.5. The molecular formula is C28H26O3. The van der Waals surface area contributed by atoms with Crippen molar-refractivity contribution < 1.29 is 14.6 Å². The highest BCUT2D eigenvalue weighted by Crippen LogP contribution is 2.62. The van der Waals surface area contributed by atoms with E-state index in [0.717, 1.165) is 37.9 Å². The maximum absolute atomic E-state index is 11.6. The molecule has 3 aromatic rings. The highest BCUT2D eigenvalue weighted by molar-refractivity contribution is 5.78. The first-order chi connectivity index (χ1) is 15.0. The maximum atomic E-state index is 11.6. The smallest absolute Gasteiger partial charge is 0.307 e. The van der Waals surface area contributed by atoms with Crippen LogP contribution in [0.4, 0.5) is 0 Å². The second-order valence-electron chi connectivity index (χ2n) is 9.50. The lowest BCUT2D eigenvalue weighted by Crippen LogP contribution is -2.12. The van der Waals surface area contributed by atoms with Gasteiger partial charge in [-0.1, -0.05) is 54.1 Å². The zero-order chi connectivity index (χ0) is 21.2. The molecule has 3 heteroatoms. The number of hydrogen-bond donors (Lipinski definition) is 1. The minimum Gasteiger partial charge on any atom is -0.486 e. The van der Waals surface area contributed by atoms with Gasteiger partial charge in [-0.25, -0.2) is 0 Å². The fourth-order valence-corrected chi connectivity index (χ4v) is 5.88. The minimum atomic E-state index is -0.659. The average molecular weight is 411 g/mol. The number of benzene rings is 3. The van der Waals surface area contributed by atoms with E-state index in [1.165, 1.54) is 38.9 Å². The lowest BCUT2D eigenvalue weighted by Gasteiger charge is -2.18. The molecule has 0 bridgehead atoms. The van der Waals surface area contributed by atoms with Gasteiger partial charge in [0.1, 0.15) is 11.9 Å². The van der Waals surface area contributed by atoms with Gasteiger partial charge in [-0.05, 0) is 84.5 Å². The highest BCUT2D eigenvalue weighted by Gasteiger charge is 2.61. The average Bonchev–Trinajstić information content (AvgIpc) is 3.23. The molecule has 3 aromatic carbocycles. The van der Waals surface area contributed by atoms with Crippen LogP contribution in [-0.4, -0.2) is 11.1 Å². The van der Waals surface area contributed by atoms with Crippen LogP contribution in [0.2, 0.25) is 0 Å². The van der Waals surface area contributed by atoms with Gasteiger partial charge in [0.05, 0.1) is 5.92 Å². The fraction of sp³-hybridized carbons (Fsp3) is 0.321. The van der Waals surface area contributed by atoms with Crippen molar-refractivity contribution in [1.82, 2.24) is 0 Å². The predicted molar refractivity (Wildman–Crippen MR) is 120 cm³/mol. The van der Waals surface area contributed by atoms with E-state index < -0.39 is 5.97 Å². The third kappa shape index (κ3) is 2.98. The number of carbonyl (C=O) groups is 1. The molecule has 0 aliphatic heterocycles. The third-order valence-electron chi connectivity index (χ3n) is 7.63. The molecule has 1 unspecified atom stereocenters. The monoisotopic (exact) mass is 410 g/mol. The molecule has 1 saturated carbocycles. The molecule has 1 N–H and O–H groups in total. The molecule has 1 fully saturated rings. The number of ether oxygens (including phenoxy) is 1. The van der Waals surface area contributed by atoms with Gasteiger partial charge >= 0.3 is 5.97 Å². The Labute approximate surface area is 182 Å². The van der Waals surface area contributed by atoms with E-state index in [-0.39, 0.29) is 17.4 Å². The Kier molecular flexibility index (Phi) is 4.05. The van der Waals surface area contributed by atoms with Crippen LogP contribution in [0.15, 0.2) is 60.7 Å². The van der Waals surface area contributed by atoms with Crippen molar-refractivity contribution in [3.63, 3.8) is 0 Å². The molecule has 0 radical (unpaired) electrons. The van der Waals surface area contributed by atoms with Crippen molar-refractivity contribution in [3.05, 3.63) is 88.5 Å². The Morgan fingerprint density at radius 1 is 1.00 bits per heavy atom. The Morgan fingerprint density at radius 2 is 1.87 bits per heavy atom. The van der Waals surface area contributed by atoms with Gasteiger partial charge in [-0.3, -0.25) is 4.79 Å². The molecule has 31 heavy (non-hydrogen) atoms. The number of carboxylic acid groups (broad SMARTS) is 1. The molecule has 3 nitrogen and oxygen atoms in total. The summed E-state index contributed by atoms with van der Waals surface area (Å²) in [6, 6.07) is 21.7. The van der Waals surface area contributed by atoms with Crippen molar-refractivity contribution in [2.75, 3.05) is 0 Å². The minimum absolute atomic E-state index is 0.0615. The van der Waals surface area contributed by atoms with Crippen LogP contribution in [0, 0.1) is 12.8 Å². The maximum Gasteiger partial charge on any atom is 0.307 e. The summed E-state index contributed by atoms with van der Waals surface area (Å²) in [6.07, 6.45) is 4.77. The Bertz CT molecular complexity index is 1210. The van der Waals surface area contributed by atoms with E-state index in [2.05, 4.69) is 67.6 Å². The summed E-state index contributed by atoms with van der Waals surface area (Å²) >= 11 is 0. The van der Waals surface area contributed by atoms with Crippen LogP contribution >= 0.6 is 0 Å². The van der Waals surface area contributed by atoms with E-state index in [0.29, 0.717) is 0 Å². The molecule has 0 aromatic heterocycles. The van der Waals surface area contributed by atoms with Crippen LogP contribution in [0.1, 0.15) is 53.2 Å². The SMILES string of the molecule is Cc1cccc(-c2ccc3c(c2)CCC3Oc2ccc3c(c2)[C@]2(CC3)C[C@H]2C(=O)O)c1. The van der Waals surface area contributed by atoms with Crippen molar-refractivity contribution >= 4 is 5.97 Å². The van der Waals surface area contributed by atoms with E-state index >= 15 is 0 Å². The third-order valence-corrected chi connectivity index (χ3v) is 7.63. The van der Waals surface area contributed by atoms with Gasteiger partial charge < -0.3 is 9.84 Å². The molecular weight excluding hydrogens is 384 g/mol. The first kappa shape index (κ1) is 18.7. The zero-order valence-electron chi connectivity index (χ0n) is 17.7. The molecule has 156 valence electrons. The zero-order valence-corrected chi connectivity index (χ0v) is 17.7. The standard InChI is InChI=1S/C28H26O3/c1-17-3-2-4-19(13-17)20-6-9-23-21(14-20)7-10-26(23)31-22-8-5-18-11-12-28(24(18)15-22)16-25(28)27(29)30/h2-6,8-9,13-15,25-26H,7,10-12,16H2,1H3,(H,29,30)/t25-,26?,28-/m0/s1. The molecule has 3 aliphatic carbocycles. The number of carboxylic acids is 1. The van der Waals surface area contributed by atoms with Crippen LogP contribution in [-0.2, 0) is 23.1 Å². The van der Waals surface area contributed by atoms with Crippen LogP contribution in [0.25, 0.3) is 11.1 Å². The molecule has 3 atom stereocenters. The molecule has 6 rings (SSSR count). The van der Waals surface area contributed by atoms with Gasteiger partial charge in [-0.15, -0.1) is 0 Å². The van der Waals surface area contributed by atoms with E-state index in [1.54, 1.807) is 0 Å². The Morgan fingerprint density at radius 3 is 2.68 bits per heavy atom. The van der Waals surface area contributed by atoms with Crippen LogP contribution in [0.5, 0.6) is 5.75 Å². The molecule has 0 heterocycles. The summed E-state index contributed by atoms with van der Waals surface area (Å²) in [5, 5.41) is 9.50. The quantitative estimate of drug-likeness (QED) is 0.572. The lowest BCUT2D eigenvalue weighted by atomic mass is 9.95. The Balaban J connectivity index is 1.25. The normalized spacial score (nSPS) is 25.3. The van der Waals surface area contributed by atoms with E-state index in [9.17, 15) is 9.90 Å². The predicted octanol–water partition coefficient (Wildman–Crippen LogP) is 6.02. The van der Waals surface area contributed by atoms with Gasteiger partial charge in [0.15, 0.2) is 0 Å².